The normalized spacial score (nSPS) is 14.5. The molecule has 1 aliphatic rings. The van der Waals surface area contributed by atoms with E-state index in [4.69, 9.17) is 12.2 Å². The predicted octanol–water partition coefficient (Wildman–Crippen LogP) is 2.29. The first kappa shape index (κ1) is 6.80. The van der Waals surface area contributed by atoms with E-state index in [-0.39, 0.29) is 0 Å². The molecule has 0 aromatic heterocycles. The van der Waals surface area contributed by atoms with Crippen molar-refractivity contribution in [2.45, 2.75) is 13.3 Å². The third-order valence-electron chi connectivity index (χ3n) is 2.02. The minimum absolute atomic E-state index is 0.914. The molecule has 0 fully saturated rings. The smallest absolute Gasteiger partial charge is 0.0842 e. The van der Waals surface area contributed by atoms with E-state index in [2.05, 4.69) is 30.4 Å². The second kappa shape index (κ2) is 2.31. The Hall–Kier alpha value is -0.890. The quantitative estimate of drug-likeness (QED) is 0.589. The van der Waals surface area contributed by atoms with Crippen molar-refractivity contribution in [2.24, 2.45) is 0 Å². The summed E-state index contributed by atoms with van der Waals surface area (Å²) in [6, 6.07) is 6.24. The summed E-state index contributed by atoms with van der Waals surface area (Å²) < 4.78 is 0. The molecule has 0 aliphatic carbocycles. The number of fused-ring (bicyclic) bond motifs is 1. The van der Waals surface area contributed by atoms with Gasteiger partial charge >= 0.3 is 0 Å². The number of nitrogens with one attached hydrogen (secondary N) is 1. The molecule has 0 amide bonds. The molecule has 0 spiro atoms. The highest BCUT2D eigenvalue weighted by atomic mass is 32.1. The van der Waals surface area contributed by atoms with Crippen molar-refractivity contribution in [1.29, 1.82) is 0 Å². The molecule has 0 radical (unpaired) electrons. The summed E-state index contributed by atoms with van der Waals surface area (Å²) in [7, 11) is 0. The van der Waals surface area contributed by atoms with E-state index in [0.29, 0.717) is 0 Å². The van der Waals surface area contributed by atoms with Gasteiger partial charge in [0.1, 0.15) is 0 Å². The van der Waals surface area contributed by atoms with Gasteiger partial charge in [-0.25, -0.2) is 0 Å². The highest BCUT2D eigenvalue weighted by molar-refractivity contribution is 7.80. The van der Waals surface area contributed by atoms with Crippen LogP contribution in [0.2, 0.25) is 0 Å². The average Bonchev–Trinajstić information content (AvgIpc) is 2.31. The molecule has 0 atom stereocenters. The molecule has 0 saturated carbocycles. The first-order valence-corrected chi connectivity index (χ1v) is 4.06. The summed E-state index contributed by atoms with van der Waals surface area (Å²) in [6.45, 7) is 2.12. The predicted molar refractivity (Wildman–Crippen MR) is 51.1 cm³/mol. The van der Waals surface area contributed by atoms with Gasteiger partial charge in [0.15, 0.2) is 0 Å². The fourth-order valence-electron chi connectivity index (χ4n) is 1.41. The van der Waals surface area contributed by atoms with Crippen molar-refractivity contribution in [1.82, 2.24) is 0 Å². The minimum atomic E-state index is 0.914. The van der Waals surface area contributed by atoms with Crippen molar-refractivity contribution in [3.63, 3.8) is 0 Å². The molecular weight excluding hydrogens is 154 g/mol. The van der Waals surface area contributed by atoms with Crippen LogP contribution in [0.15, 0.2) is 18.2 Å². The van der Waals surface area contributed by atoms with Gasteiger partial charge in [-0.1, -0.05) is 24.4 Å². The van der Waals surface area contributed by atoms with E-state index < -0.39 is 0 Å². The summed E-state index contributed by atoms with van der Waals surface area (Å²) in [5, 5.41) is 3.17. The van der Waals surface area contributed by atoms with Crippen LogP contribution in [0.4, 0.5) is 5.69 Å². The van der Waals surface area contributed by atoms with Crippen LogP contribution in [0.5, 0.6) is 0 Å². The highest BCUT2D eigenvalue weighted by Crippen LogP contribution is 2.25. The maximum absolute atomic E-state index is 5.07. The largest absolute Gasteiger partial charge is 0.350 e. The number of hydrogen-bond acceptors (Lipinski definition) is 1. The highest BCUT2D eigenvalue weighted by Gasteiger charge is 2.14. The topological polar surface area (TPSA) is 12.0 Å². The second-order valence-corrected chi connectivity index (χ2v) is 3.32. The van der Waals surface area contributed by atoms with Crippen molar-refractivity contribution in [3.8, 4) is 0 Å². The SMILES string of the molecule is Cc1cccc2c1CC(=S)N2. The summed E-state index contributed by atoms with van der Waals surface area (Å²) in [4.78, 5) is 0.939. The zero-order valence-corrected chi connectivity index (χ0v) is 7.16. The molecule has 2 heteroatoms. The second-order valence-electron chi connectivity index (χ2n) is 2.83. The van der Waals surface area contributed by atoms with Gasteiger partial charge in [-0.2, -0.15) is 0 Å². The number of anilines is 1. The van der Waals surface area contributed by atoms with Gasteiger partial charge in [-0.15, -0.1) is 0 Å². The fourth-order valence-corrected chi connectivity index (χ4v) is 1.66. The zero-order valence-electron chi connectivity index (χ0n) is 6.35. The van der Waals surface area contributed by atoms with Crippen LogP contribution in [-0.4, -0.2) is 4.99 Å². The standard InChI is InChI=1S/C9H9NS/c1-6-3-2-4-8-7(6)5-9(11)10-8/h2-4H,5H2,1H3,(H,10,11). The Labute approximate surface area is 71.4 Å². The van der Waals surface area contributed by atoms with Gasteiger partial charge in [0.2, 0.25) is 0 Å². The molecule has 1 aromatic rings. The Morgan fingerprint density at radius 2 is 2.27 bits per heavy atom. The van der Waals surface area contributed by atoms with Crippen LogP contribution in [-0.2, 0) is 6.42 Å². The molecule has 11 heavy (non-hydrogen) atoms. The van der Waals surface area contributed by atoms with Crippen molar-refractivity contribution in [2.75, 3.05) is 5.32 Å². The maximum Gasteiger partial charge on any atom is 0.0842 e. The minimum Gasteiger partial charge on any atom is -0.350 e. The van der Waals surface area contributed by atoms with E-state index >= 15 is 0 Å². The summed E-state index contributed by atoms with van der Waals surface area (Å²) >= 11 is 5.07. The van der Waals surface area contributed by atoms with Crippen LogP contribution >= 0.6 is 12.2 Å². The van der Waals surface area contributed by atoms with Crippen molar-refractivity contribution < 1.29 is 0 Å². The van der Waals surface area contributed by atoms with Gasteiger partial charge in [0.25, 0.3) is 0 Å². The fraction of sp³-hybridized carbons (Fsp3) is 0.222. The maximum atomic E-state index is 5.07. The third-order valence-corrected chi connectivity index (χ3v) is 2.27. The van der Waals surface area contributed by atoms with E-state index in [1.165, 1.54) is 16.8 Å². The number of benzene rings is 1. The lowest BCUT2D eigenvalue weighted by Gasteiger charge is -1.99. The Morgan fingerprint density at radius 1 is 1.45 bits per heavy atom. The van der Waals surface area contributed by atoms with Crippen LogP contribution < -0.4 is 5.32 Å². The first-order valence-electron chi connectivity index (χ1n) is 3.66. The molecule has 1 aromatic carbocycles. The van der Waals surface area contributed by atoms with Gasteiger partial charge in [-0.05, 0) is 24.1 Å². The molecule has 0 unspecified atom stereocenters. The van der Waals surface area contributed by atoms with Crippen molar-refractivity contribution in [3.05, 3.63) is 29.3 Å². The Balaban J connectivity index is 2.57. The number of thiocarbonyl (C=S) groups is 1. The third kappa shape index (κ3) is 1.03. The molecule has 1 heterocycles. The lowest BCUT2D eigenvalue weighted by Crippen LogP contribution is -2.00. The Kier molecular flexibility index (Phi) is 1.43. The number of aryl methyl sites for hydroxylation is 1. The monoisotopic (exact) mass is 163 g/mol. The first-order chi connectivity index (χ1) is 5.27. The molecule has 56 valence electrons. The van der Waals surface area contributed by atoms with Crippen molar-refractivity contribution >= 4 is 22.9 Å². The van der Waals surface area contributed by atoms with E-state index in [0.717, 1.165) is 11.4 Å². The van der Waals surface area contributed by atoms with E-state index in [9.17, 15) is 0 Å². The molecular formula is C9H9NS. The van der Waals surface area contributed by atoms with Gasteiger partial charge in [0, 0.05) is 12.1 Å². The Bertz CT molecular complexity index is 317. The number of hydrogen-bond donors (Lipinski definition) is 1. The lowest BCUT2D eigenvalue weighted by atomic mass is 10.1. The van der Waals surface area contributed by atoms with Gasteiger partial charge in [-0.3, -0.25) is 0 Å². The van der Waals surface area contributed by atoms with Gasteiger partial charge < -0.3 is 5.32 Å². The molecule has 1 nitrogen and oxygen atoms in total. The van der Waals surface area contributed by atoms with Crippen LogP contribution in [0.1, 0.15) is 11.1 Å². The van der Waals surface area contributed by atoms with Gasteiger partial charge in [0.05, 0.1) is 4.99 Å². The average molecular weight is 163 g/mol. The number of rotatable bonds is 0. The van der Waals surface area contributed by atoms with E-state index in [1.54, 1.807) is 0 Å². The summed E-state index contributed by atoms with van der Waals surface area (Å²) in [5.41, 5.74) is 3.88. The molecule has 1 N–H and O–H groups in total. The molecule has 1 aliphatic heterocycles. The summed E-state index contributed by atoms with van der Waals surface area (Å²) in [5.74, 6) is 0. The van der Waals surface area contributed by atoms with E-state index in [1.807, 2.05) is 0 Å². The zero-order chi connectivity index (χ0) is 7.84. The van der Waals surface area contributed by atoms with Crippen LogP contribution in [0.25, 0.3) is 0 Å². The Morgan fingerprint density at radius 3 is 3.00 bits per heavy atom. The summed E-state index contributed by atoms with van der Waals surface area (Å²) in [6.07, 6.45) is 0.914. The van der Waals surface area contributed by atoms with Crippen LogP contribution in [0, 0.1) is 6.92 Å². The molecule has 0 bridgehead atoms. The lowest BCUT2D eigenvalue weighted by molar-refractivity contribution is 1.32. The molecule has 2 rings (SSSR count). The van der Waals surface area contributed by atoms with Crippen LogP contribution in [0.3, 0.4) is 0 Å². The molecule has 0 saturated heterocycles.